The lowest BCUT2D eigenvalue weighted by molar-refractivity contribution is 0.0947. The van der Waals surface area contributed by atoms with E-state index in [4.69, 9.17) is 11.6 Å². The van der Waals surface area contributed by atoms with Crippen LogP contribution in [0.5, 0.6) is 0 Å². The average Bonchev–Trinajstić information content (AvgIpc) is 3.24. The molecule has 7 nitrogen and oxygen atoms in total. The summed E-state index contributed by atoms with van der Waals surface area (Å²) in [5.74, 6) is -0.480. The van der Waals surface area contributed by atoms with E-state index >= 15 is 0 Å². The van der Waals surface area contributed by atoms with Crippen molar-refractivity contribution in [1.29, 1.82) is 0 Å². The molecule has 158 valence electrons. The second-order valence-corrected chi connectivity index (χ2v) is 9.18. The first-order chi connectivity index (χ1) is 14.9. The molecule has 4 aromatic rings. The van der Waals surface area contributed by atoms with Crippen molar-refractivity contribution in [3.8, 4) is 16.9 Å². The molecule has 1 aliphatic carbocycles. The van der Waals surface area contributed by atoms with E-state index in [1.165, 1.54) is 6.07 Å². The van der Waals surface area contributed by atoms with Gasteiger partial charge < -0.3 is 9.87 Å². The van der Waals surface area contributed by atoms with Crippen LogP contribution in [0.4, 0.5) is 4.39 Å². The minimum absolute atomic E-state index is 0.0519. The molecule has 1 N–H and O–H groups in total. The number of fused-ring (bicyclic) bond motifs is 1. The number of rotatable bonds is 5. The van der Waals surface area contributed by atoms with E-state index in [1.807, 2.05) is 0 Å². The molecule has 3 aromatic heterocycles. The van der Waals surface area contributed by atoms with E-state index in [9.17, 15) is 13.7 Å². The molecule has 1 aliphatic rings. The third-order valence-corrected chi connectivity index (χ3v) is 6.35. The summed E-state index contributed by atoms with van der Waals surface area (Å²) >= 11 is 5.14. The smallest absolute Gasteiger partial charge is 0.254 e. The Balaban J connectivity index is 1.53. The molecule has 1 atom stereocenters. The molecule has 1 amide bonds. The van der Waals surface area contributed by atoms with Crippen LogP contribution >= 0.6 is 11.6 Å². The van der Waals surface area contributed by atoms with Crippen LogP contribution in [-0.4, -0.2) is 41.9 Å². The lowest BCUT2D eigenvalue weighted by atomic mass is 10.0. The van der Waals surface area contributed by atoms with Crippen LogP contribution in [0.15, 0.2) is 53.9 Å². The number of amides is 1. The van der Waals surface area contributed by atoms with E-state index in [0.29, 0.717) is 27.5 Å². The Morgan fingerprint density at radius 3 is 2.84 bits per heavy atom. The Hall–Kier alpha value is -2.88. The zero-order valence-corrected chi connectivity index (χ0v) is 18.0. The number of hydrogen-bond donors (Lipinski definition) is 1. The molecule has 0 aliphatic heterocycles. The van der Waals surface area contributed by atoms with Crippen molar-refractivity contribution < 1.29 is 13.7 Å². The molecular weight excluding hydrogens is 441 g/mol. The fraction of sp³-hybridized carbons (Fsp3) is 0.190. The standard InChI is InChI=1S/C21H17ClFN5O2S/c1-31(30)14-4-5-19-24-9-20(27(19)11-14)28-10-12(8-25-28)15-6-16(18(23)7-17(15)22)21(29)26-13-2-3-13/h4-11,13H,2-3H2,1H3,(H,26,29). The maximum Gasteiger partial charge on any atom is 0.254 e. The molecule has 3 heterocycles. The van der Waals surface area contributed by atoms with Crippen molar-refractivity contribution in [1.82, 2.24) is 24.5 Å². The third kappa shape index (κ3) is 3.80. The molecule has 0 saturated heterocycles. The Kier molecular flexibility index (Phi) is 4.96. The number of halogens is 2. The topological polar surface area (TPSA) is 87.3 Å². The molecule has 31 heavy (non-hydrogen) atoms. The summed E-state index contributed by atoms with van der Waals surface area (Å²) in [4.78, 5) is 17.4. The van der Waals surface area contributed by atoms with Gasteiger partial charge in [-0.2, -0.15) is 5.10 Å². The van der Waals surface area contributed by atoms with Gasteiger partial charge in [-0.15, -0.1) is 0 Å². The Morgan fingerprint density at radius 1 is 1.29 bits per heavy atom. The second kappa shape index (κ2) is 7.67. The highest BCUT2D eigenvalue weighted by atomic mass is 35.5. The first-order valence-corrected chi connectivity index (χ1v) is 11.5. The van der Waals surface area contributed by atoms with Crippen molar-refractivity contribution in [2.45, 2.75) is 23.8 Å². The largest absolute Gasteiger partial charge is 0.612 e. The van der Waals surface area contributed by atoms with Crippen LogP contribution in [0.2, 0.25) is 5.02 Å². The molecule has 5 rings (SSSR count). The molecule has 1 aromatic carbocycles. The minimum Gasteiger partial charge on any atom is -0.612 e. The number of pyridine rings is 1. The summed E-state index contributed by atoms with van der Waals surface area (Å²) in [6.45, 7) is 0. The van der Waals surface area contributed by atoms with Gasteiger partial charge in [0.2, 0.25) is 0 Å². The first-order valence-electron chi connectivity index (χ1n) is 9.56. The number of carbonyl (C=O) groups is 1. The number of nitrogens with one attached hydrogen (secondary N) is 1. The van der Waals surface area contributed by atoms with Crippen LogP contribution < -0.4 is 5.32 Å². The highest BCUT2D eigenvalue weighted by Crippen LogP contribution is 2.31. The van der Waals surface area contributed by atoms with Gasteiger partial charge in [0.1, 0.15) is 17.7 Å². The third-order valence-electron chi connectivity index (χ3n) is 5.13. The van der Waals surface area contributed by atoms with Crippen LogP contribution in [0.25, 0.3) is 22.6 Å². The molecule has 1 unspecified atom stereocenters. The van der Waals surface area contributed by atoms with E-state index in [1.54, 1.807) is 52.3 Å². The Labute approximate surface area is 185 Å². The van der Waals surface area contributed by atoms with Crippen LogP contribution in [0.1, 0.15) is 23.2 Å². The monoisotopic (exact) mass is 457 g/mol. The van der Waals surface area contributed by atoms with Gasteiger partial charge in [0.05, 0.1) is 29.2 Å². The maximum absolute atomic E-state index is 14.4. The van der Waals surface area contributed by atoms with E-state index in [-0.39, 0.29) is 16.6 Å². The molecule has 0 radical (unpaired) electrons. The number of benzene rings is 1. The van der Waals surface area contributed by atoms with E-state index in [2.05, 4.69) is 15.4 Å². The predicted octanol–water partition coefficient (Wildman–Crippen LogP) is 3.61. The van der Waals surface area contributed by atoms with Crippen molar-refractivity contribution >= 4 is 34.3 Å². The highest BCUT2D eigenvalue weighted by Gasteiger charge is 2.26. The summed E-state index contributed by atoms with van der Waals surface area (Å²) in [7, 11) is 0. The van der Waals surface area contributed by atoms with Gasteiger partial charge in [0.15, 0.2) is 10.7 Å². The maximum atomic E-state index is 14.4. The first kappa shape index (κ1) is 20.0. The summed E-state index contributed by atoms with van der Waals surface area (Å²) < 4.78 is 29.6. The van der Waals surface area contributed by atoms with Crippen LogP contribution in [0, 0.1) is 5.82 Å². The van der Waals surface area contributed by atoms with Crippen molar-refractivity contribution in [2.24, 2.45) is 0 Å². The van der Waals surface area contributed by atoms with Crippen LogP contribution in [0.3, 0.4) is 0 Å². The predicted molar refractivity (Wildman–Crippen MR) is 116 cm³/mol. The van der Waals surface area contributed by atoms with E-state index < -0.39 is 22.9 Å². The lowest BCUT2D eigenvalue weighted by Gasteiger charge is -2.09. The molecule has 10 heteroatoms. The number of nitrogens with zero attached hydrogens (tertiary/aromatic N) is 4. The summed E-state index contributed by atoms with van der Waals surface area (Å²) in [6.07, 6.45) is 10.1. The number of carbonyl (C=O) groups excluding carboxylic acids is 1. The fourth-order valence-electron chi connectivity index (χ4n) is 3.31. The normalized spacial score (nSPS) is 14.7. The van der Waals surface area contributed by atoms with Gasteiger partial charge in [-0.3, -0.25) is 9.20 Å². The summed E-state index contributed by atoms with van der Waals surface area (Å²) in [5.41, 5.74) is 1.75. The van der Waals surface area contributed by atoms with Gasteiger partial charge in [-0.25, -0.2) is 14.1 Å². The van der Waals surface area contributed by atoms with Crippen molar-refractivity contribution in [2.75, 3.05) is 6.26 Å². The SMILES string of the molecule is C[S+]([O-])c1ccc2ncc(-n3cc(-c4cc(C(=O)NC5CC5)c(F)cc4Cl)cn3)n2c1. The van der Waals surface area contributed by atoms with Gasteiger partial charge >= 0.3 is 0 Å². The molecule has 1 saturated carbocycles. The van der Waals surface area contributed by atoms with E-state index in [0.717, 1.165) is 18.9 Å². The number of imidazole rings is 1. The molecule has 1 fully saturated rings. The molecular formula is C21H17ClFN5O2S. The average molecular weight is 458 g/mol. The van der Waals surface area contributed by atoms with Gasteiger partial charge in [0.25, 0.3) is 5.91 Å². The fourth-order valence-corrected chi connectivity index (χ4v) is 4.08. The molecule has 0 spiro atoms. The minimum atomic E-state index is -1.14. The summed E-state index contributed by atoms with van der Waals surface area (Å²) in [5, 5.41) is 7.36. The number of hydrogen-bond acceptors (Lipinski definition) is 4. The van der Waals surface area contributed by atoms with Crippen molar-refractivity contribution in [3.05, 3.63) is 65.5 Å². The lowest BCUT2D eigenvalue weighted by Crippen LogP contribution is -2.26. The van der Waals surface area contributed by atoms with Gasteiger partial charge in [-0.1, -0.05) is 11.6 Å². The zero-order valence-electron chi connectivity index (χ0n) is 16.4. The Morgan fingerprint density at radius 2 is 2.10 bits per heavy atom. The van der Waals surface area contributed by atoms with Gasteiger partial charge in [-0.05, 0) is 48.3 Å². The quantitative estimate of drug-likeness (QED) is 0.464. The zero-order chi connectivity index (χ0) is 21.7. The highest BCUT2D eigenvalue weighted by molar-refractivity contribution is 7.90. The summed E-state index contributed by atoms with van der Waals surface area (Å²) in [6, 6.07) is 6.26. The number of aromatic nitrogens is 4. The second-order valence-electron chi connectivity index (χ2n) is 7.40. The van der Waals surface area contributed by atoms with Crippen molar-refractivity contribution in [3.63, 3.8) is 0 Å². The Bertz CT molecular complexity index is 1310. The van der Waals surface area contributed by atoms with Crippen LogP contribution in [-0.2, 0) is 11.2 Å². The van der Waals surface area contributed by atoms with Gasteiger partial charge in [0, 0.05) is 23.4 Å². The molecule has 0 bridgehead atoms.